The molecule has 1 aromatic carbocycles. The Kier molecular flexibility index (Phi) is 4.74. The van der Waals surface area contributed by atoms with Crippen LogP contribution >= 0.6 is 0 Å². The van der Waals surface area contributed by atoms with Crippen LogP contribution in [0.3, 0.4) is 0 Å². The quantitative estimate of drug-likeness (QED) is 0.886. The Labute approximate surface area is 111 Å². The maximum Gasteiger partial charge on any atom is 0.260 e. The van der Waals surface area contributed by atoms with Crippen molar-refractivity contribution < 1.29 is 18.7 Å². The van der Waals surface area contributed by atoms with E-state index in [4.69, 9.17) is 9.47 Å². The molecule has 2 atom stereocenters. The van der Waals surface area contributed by atoms with Crippen molar-refractivity contribution in [2.24, 2.45) is 0 Å². The van der Waals surface area contributed by atoms with Gasteiger partial charge in [0.25, 0.3) is 5.91 Å². The standard InChI is InChI=1S/C14H18FNO3/c1-10(19-12-5-2-4-11(15)8-12)14(17)16-9-13-6-3-7-18-13/h2,4-5,8,10,13H,3,6-7,9H2,1H3,(H,16,17). The SMILES string of the molecule is CC(Oc1cccc(F)c1)C(=O)NCC1CCCO1. The van der Waals surface area contributed by atoms with Crippen molar-refractivity contribution in [1.29, 1.82) is 0 Å². The van der Waals surface area contributed by atoms with E-state index in [2.05, 4.69) is 5.32 Å². The van der Waals surface area contributed by atoms with Crippen LogP contribution in [0.15, 0.2) is 24.3 Å². The lowest BCUT2D eigenvalue weighted by molar-refractivity contribution is -0.127. The number of ether oxygens (including phenoxy) is 2. The van der Waals surface area contributed by atoms with E-state index >= 15 is 0 Å². The highest BCUT2D eigenvalue weighted by Gasteiger charge is 2.19. The predicted molar refractivity (Wildman–Crippen MR) is 68.5 cm³/mol. The smallest absolute Gasteiger partial charge is 0.260 e. The Morgan fingerprint density at radius 3 is 3.16 bits per heavy atom. The van der Waals surface area contributed by atoms with E-state index < -0.39 is 6.10 Å². The first-order valence-corrected chi connectivity index (χ1v) is 6.46. The molecule has 0 spiro atoms. The zero-order valence-corrected chi connectivity index (χ0v) is 10.9. The molecule has 0 radical (unpaired) electrons. The summed E-state index contributed by atoms with van der Waals surface area (Å²) in [5.41, 5.74) is 0. The van der Waals surface area contributed by atoms with Crippen molar-refractivity contribution in [3.05, 3.63) is 30.1 Å². The fraction of sp³-hybridized carbons (Fsp3) is 0.500. The van der Waals surface area contributed by atoms with Crippen molar-refractivity contribution in [2.45, 2.75) is 32.0 Å². The Bertz CT molecular complexity index is 432. The second-order valence-electron chi connectivity index (χ2n) is 4.60. The van der Waals surface area contributed by atoms with E-state index in [0.29, 0.717) is 12.3 Å². The van der Waals surface area contributed by atoms with Gasteiger partial charge in [-0.2, -0.15) is 0 Å². The molecule has 0 aromatic heterocycles. The van der Waals surface area contributed by atoms with E-state index in [9.17, 15) is 9.18 Å². The third kappa shape index (κ3) is 4.21. The van der Waals surface area contributed by atoms with Crippen LogP contribution in [-0.2, 0) is 9.53 Å². The first kappa shape index (κ1) is 13.8. The molecule has 4 nitrogen and oxygen atoms in total. The molecular weight excluding hydrogens is 249 g/mol. The first-order valence-electron chi connectivity index (χ1n) is 6.46. The summed E-state index contributed by atoms with van der Waals surface area (Å²) in [5.74, 6) is -0.260. The molecule has 1 aromatic rings. The van der Waals surface area contributed by atoms with E-state index in [1.54, 1.807) is 19.1 Å². The molecule has 1 heterocycles. The van der Waals surface area contributed by atoms with Crippen LogP contribution in [0.4, 0.5) is 4.39 Å². The second-order valence-corrected chi connectivity index (χ2v) is 4.60. The molecule has 5 heteroatoms. The van der Waals surface area contributed by atoms with Gasteiger partial charge in [0.05, 0.1) is 6.10 Å². The Hall–Kier alpha value is -1.62. The molecule has 1 N–H and O–H groups in total. The zero-order valence-electron chi connectivity index (χ0n) is 10.9. The highest BCUT2D eigenvalue weighted by Crippen LogP contribution is 2.14. The van der Waals surface area contributed by atoms with Crippen LogP contribution in [0, 0.1) is 5.82 Å². The van der Waals surface area contributed by atoms with Crippen LogP contribution in [0.2, 0.25) is 0 Å². The van der Waals surface area contributed by atoms with Gasteiger partial charge in [-0.1, -0.05) is 6.07 Å². The van der Waals surface area contributed by atoms with Gasteiger partial charge in [-0.3, -0.25) is 4.79 Å². The summed E-state index contributed by atoms with van der Waals surface area (Å²) in [7, 11) is 0. The molecule has 2 rings (SSSR count). The average molecular weight is 267 g/mol. The van der Waals surface area contributed by atoms with Crippen molar-refractivity contribution >= 4 is 5.91 Å². The average Bonchev–Trinajstić information content (AvgIpc) is 2.89. The third-order valence-electron chi connectivity index (χ3n) is 3.01. The minimum atomic E-state index is -0.664. The number of nitrogens with one attached hydrogen (secondary N) is 1. The van der Waals surface area contributed by atoms with Gasteiger partial charge in [0.2, 0.25) is 0 Å². The molecule has 1 amide bonds. The van der Waals surface area contributed by atoms with Gasteiger partial charge in [0.1, 0.15) is 11.6 Å². The van der Waals surface area contributed by atoms with E-state index in [-0.39, 0.29) is 17.8 Å². The zero-order chi connectivity index (χ0) is 13.7. The van der Waals surface area contributed by atoms with Gasteiger partial charge in [-0.15, -0.1) is 0 Å². The van der Waals surface area contributed by atoms with Crippen LogP contribution in [0.5, 0.6) is 5.75 Å². The molecule has 1 aliphatic rings. The highest BCUT2D eigenvalue weighted by atomic mass is 19.1. The van der Waals surface area contributed by atoms with Gasteiger partial charge >= 0.3 is 0 Å². The lowest BCUT2D eigenvalue weighted by atomic mass is 10.2. The molecule has 0 saturated carbocycles. The van der Waals surface area contributed by atoms with Crippen molar-refractivity contribution in [3.63, 3.8) is 0 Å². The number of amides is 1. The lowest BCUT2D eigenvalue weighted by Gasteiger charge is -2.16. The molecular formula is C14H18FNO3. The molecule has 2 unspecified atom stereocenters. The monoisotopic (exact) mass is 267 g/mol. The fourth-order valence-electron chi connectivity index (χ4n) is 1.96. The number of hydrogen-bond donors (Lipinski definition) is 1. The molecule has 0 aliphatic carbocycles. The topological polar surface area (TPSA) is 47.6 Å². The van der Waals surface area contributed by atoms with Crippen molar-refractivity contribution in [1.82, 2.24) is 5.32 Å². The summed E-state index contributed by atoms with van der Waals surface area (Å²) >= 11 is 0. The predicted octanol–water partition coefficient (Wildman–Crippen LogP) is 1.89. The maximum absolute atomic E-state index is 13.0. The van der Waals surface area contributed by atoms with Gasteiger partial charge in [0.15, 0.2) is 6.10 Å². The summed E-state index contributed by atoms with van der Waals surface area (Å²) in [6.07, 6.45) is 1.45. The van der Waals surface area contributed by atoms with Crippen LogP contribution in [-0.4, -0.2) is 31.3 Å². The minimum absolute atomic E-state index is 0.102. The molecule has 104 valence electrons. The third-order valence-corrected chi connectivity index (χ3v) is 3.01. The van der Waals surface area contributed by atoms with Crippen molar-refractivity contribution in [2.75, 3.05) is 13.2 Å². The molecule has 1 fully saturated rings. The highest BCUT2D eigenvalue weighted by molar-refractivity contribution is 5.80. The molecule has 1 saturated heterocycles. The van der Waals surface area contributed by atoms with Gasteiger partial charge < -0.3 is 14.8 Å². The lowest BCUT2D eigenvalue weighted by Crippen LogP contribution is -2.40. The molecule has 19 heavy (non-hydrogen) atoms. The summed E-state index contributed by atoms with van der Waals surface area (Å²) < 4.78 is 23.8. The number of benzene rings is 1. The summed E-state index contributed by atoms with van der Waals surface area (Å²) in [6.45, 7) is 2.89. The number of halogens is 1. The Morgan fingerprint density at radius 1 is 1.63 bits per heavy atom. The van der Waals surface area contributed by atoms with Gasteiger partial charge in [-0.25, -0.2) is 4.39 Å². The van der Waals surface area contributed by atoms with E-state index in [1.165, 1.54) is 12.1 Å². The van der Waals surface area contributed by atoms with Crippen LogP contribution in [0.1, 0.15) is 19.8 Å². The maximum atomic E-state index is 13.0. The molecule has 1 aliphatic heterocycles. The van der Waals surface area contributed by atoms with E-state index in [1.807, 2.05) is 0 Å². The second kappa shape index (κ2) is 6.52. The summed E-state index contributed by atoms with van der Waals surface area (Å²) in [6, 6.07) is 5.74. The minimum Gasteiger partial charge on any atom is -0.481 e. The fourth-order valence-corrected chi connectivity index (χ4v) is 1.96. The normalized spacial score (nSPS) is 20.0. The summed E-state index contributed by atoms with van der Waals surface area (Å²) in [5, 5.41) is 2.78. The Morgan fingerprint density at radius 2 is 2.47 bits per heavy atom. The van der Waals surface area contributed by atoms with Crippen molar-refractivity contribution in [3.8, 4) is 5.75 Å². The first-order chi connectivity index (χ1) is 9.15. The number of hydrogen-bond acceptors (Lipinski definition) is 3. The largest absolute Gasteiger partial charge is 0.481 e. The van der Waals surface area contributed by atoms with Gasteiger partial charge in [0, 0.05) is 19.2 Å². The Balaban J connectivity index is 1.78. The number of carbonyl (C=O) groups excluding carboxylic acids is 1. The van der Waals surface area contributed by atoms with E-state index in [0.717, 1.165) is 19.4 Å². The van der Waals surface area contributed by atoms with Crippen LogP contribution in [0.25, 0.3) is 0 Å². The van der Waals surface area contributed by atoms with Crippen LogP contribution < -0.4 is 10.1 Å². The summed E-state index contributed by atoms with van der Waals surface area (Å²) in [4.78, 5) is 11.8. The molecule has 0 bridgehead atoms. The van der Waals surface area contributed by atoms with Gasteiger partial charge in [-0.05, 0) is 31.9 Å². The number of carbonyl (C=O) groups is 1. The number of rotatable bonds is 5.